The molecule has 3 atom stereocenters. The van der Waals surface area contributed by atoms with Crippen molar-refractivity contribution < 1.29 is 50.2 Å². The zero-order valence-electron chi connectivity index (χ0n) is 20.9. The monoisotopic (exact) mass is 649 g/mol. The summed E-state index contributed by atoms with van der Waals surface area (Å²) >= 11 is 8.91. The molecule has 1 saturated heterocycles. The van der Waals surface area contributed by atoms with E-state index in [1.54, 1.807) is 0 Å². The van der Waals surface area contributed by atoms with Crippen LogP contribution in [0.2, 0.25) is 5.02 Å². The van der Waals surface area contributed by atoms with Crippen LogP contribution in [0.4, 0.5) is 31.1 Å². The van der Waals surface area contributed by atoms with Gasteiger partial charge in [-0.25, -0.2) is 27.4 Å². The van der Waals surface area contributed by atoms with Gasteiger partial charge in [0.25, 0.3) is 6.43 Å². The van der Waals surface area contributed by atoms with E-state index in [1.165, 1.54) is 27.7 Å². The molecule has 1 aliphatic rings. The van der Waals surface area contributed by atoms with E-state index in [4.69, 9.17) is 21.1 Å². The van der Waals surface area contributed by atoms with Gasteiger partial charge in [-0.1, -0.05) is 11.6 Å². The summed E-state index contributed by atoms with van der Waals surface area (Å²) in [5.41, 5.74) is -4.81. The van der Waals surface area contributed by atoms with Crippen molar-refractivity contribution in [1.29, 1.82) is 0 Å². The maximum absolute atomic E-state index is 14.4. The molecule has 1 aliphatic heterocycles. The van der Waals surface area contributed by atoms with Crippen molar-refractivity contribution in [3.05, 3.63) is 26.8 Å². The molecule has 1 amide bonds. The van der Waals surface area contributed by atoms with Gasteiger partial charge in [0.15, 0.2) is 5.78 Å². The third-order valence-electron chi connectivity index (χ3n) is 5.65. The molecule has 0 N–H and O–H groups in total. The normalized spacial score (nSPS) is 19.1. The zero-order valence-corrected chi connectivity index (χ0v) is 23.3. The second-order valence-electron chi connectivity index (χ2n) is 9.61. The number of carbonyl (C=O) groups excluding carboxylic acids is 3. The van der Waals surface area contributed by atoms with Crippen molar-refractivity contribution in [1.82, 2.24) is 14.7 Å². The quantitative estimate of drug-likeness (QED) is 0.203. The first-order valence-corrected chi connectivity index (χ1v) is 12.7. The summed E-state index contributed by atoms with van der Waals surface area (Å²) in [6.45, 7) is 4.91. The lowest BCUT2D eigenvalue weighted by atomic mass is 10.0. The number of hydrogen-bond acceptors (Lipinski definition) is 6. The average Bonchev–Trinajstić information content (AvgIpc) is 3.36. The molecule has 2 aromatic rings. The minimum absolute atomic E-state index is 0.113. The Morgan fingerprint density at radius 2 is 1.85 bits per heavy atom. The smallest absolute Gasteiger partial charge is 0.417 e. The van der Waals surface area contributed by atoms with Gasteiger partial charge in [-0.3, -0.25) is 9.69 Å². The van der Waals surface area contributed by atoms with Gasteiger partial charge in [0.1, 0.15) is 23.0 Å². The number of esters is 1. The Balaban J connectivity index is 2.27. The predicted molar refractivity (Wildman–Crippen MR) is 129 cm³/mol. The molecule has 0 saturated carbocycles. The first kappa shape index (κ1) is 31.0. The number of benzene rings is 1. The molecule has 39 heavy (non-hydrogen) atoms. The number of ether oxygens (including phenoxy) is 2. The van der Waals surface area contributed by atoms with Crippen molar-refractivity contribution in [3.8, 4) is 0 Å². The number of likely N-dealkylation sites (tertiary alicyclic amines) is 1. The van der Waals surface area contributed by atoms with Crippen LogP contribution in [-0.4, -0.2) is 63.5 Å². The highest BCUT2D eigenvalue weighted by atomic mass is 79.9. The van der Waals surface area contributed by atoms with E-state index in [2.05, 4.69) is 21.0 Å². The second-order valence-corrected chi connectivity index (χ2v) is 10.8. The Hall–Kier alpha value is -2.55. The summed E-state index contributed by atoms with van der Waals surface area (Å²) in [6.07, 6.45) is -12.3. The number of halogens is 8. The van der Waals surface area contributed by atoms with Gasteiger partial charge in [-0.2, -0.15) is 18.3 Å². The Bertz CT molecular complexity index is 1300. The van der Waals surface area contributed by atoms with Crippen LogP contribution in [0.25, 0.3) is 10.9 Å². The standard InChI is InChI=1S/C23H23BrClF6N3O5/c1-5-38-20(36)17(18(35)12-6-9(26)8-33(12)21(37)39-22(2,3)4)34-16(19(27)28)13-10(23(29,30)31)7-11(24)14(25)15(13)32-34/h7,9,12,17,19H,5-6,8H2,1-4H3/t9-,12+,17?/m1/s1. The van der Waals surface area contributed by atoms with Crippen LogP contribution in [-0.2, 0) is 25.2 Å². The molecule has 2 heterocycles. The molecule has 1 unspecified atom stereocenters. The summed E-state index contributed by atoms with van der Waals surface area (Å²) in [4.78, 5) is 40.1. The molecule has 0 bridgehead atoms. The minimum Gasteiger partial charge on any atom is -0.464 e. The average molecular weight is 651 g/mol. The molecular weight excluding hydrogens is 628 g/mol. The van der Waals surface area contributed by atoms with Crippen molar-refractivity contribution in [2.45, 2.75) is 70.6 Å². The lowest BCUT2D eigenvalue weighted by molar-refractivity contribution is -0.152. The minimum atomic E-state index is -5.16. The molecular formula is C23H23BrClF6N3O5. The molecule has 0 radical (unpaired) electrons. The Morgan fingerprint density at radius 1 is 1.23 bits per heavy atom. The lowest BCUT2D eigenvalue weighted by Gasteiger charge is -2.29. The van der Waals surface area contributed by atoms with Crippen LogP contribution < -0.4 is 0 Å². The summed E-state index contributed by atoms with van der Waals surface area (Å²) in [6, 6.07) is -3.64. The molecule has 3 rings (SSSR count). The van der Waals surface area contributed by atoms with Crippen LogP contribution in [0, 0.1) is 0 Å². The summed E-state index contributed by atoms with van der Waals surface area (Å²) in [5, 5.41) is 2.11. The van der Waals surface area contributed by atoms with E-state index in [-0.39, 0.29) is 15.8 Å². The number of nitrogens with zero attached hydrogens (tertiary/aromatic N) is 3. The number of alkyl halides is 6. The lowest BCUT2D eigenvalue weighted by Crippen LogP contribution is -2.47. The fraction of sp³-hybridized carbons (Fsp3) is 0.565. The van der Waals surface area contributed by atoms with E-state index < -0.39 is 94.5 Å². The van der Waals surface area contributed by atoms with E-state index in [0.717, 1.165) is 0 Å². The highest BCUT2D eigenvalue weighted by Crippen LogP contribution is 2.45. The number of ketones is 1. The second kappa shape index (κ2) is 11.1. The molecule has 216 valence electrons. The van der Waals surface area contributed by atoms with Crippen molar-refractivity contribution >= 4 is 56.3 Å². The number of fused-ring (bicyclic) bond motifs is 1. The van der Waals surface area contributed by atoms with Crippen LogP contribution >= 0.6 is 27.5 Å². The third kappa shape index (κ3) is 6.28. The largest absolute Gasteiger partial charge is 0.464 e. The van der Waals surface area contributed by atoms with E-state index >= 15 is 0 Å². The number of hydrogen-bond donors (Lipinski definition) is 0. The van der Waals surface area contributed by atoms with Gasteiger partial charge in [-0.05, 0) is 49.7 Å². The fourth-order valence-corrected chi connectivity index (χ4v) is 4.79. The molecule has 0 aliphatic carbocycles. The predicted octanol–water partition coefficient (Wildman–Crippen LogP) is 6.43. The van der Waals surface area contributed by atoms with E-state index in [0.29, 0.717) is 11.0 Å². The van der Waals surface area contributed by atoms with Crippen LogP contribution in [0.1, 0.15) is 57.8 Å². The summed E-state index contributed by atoms with van der Waals surface area (Å²) in [7, 11) is 0. The SMILES string of the molecule is CCOC(=O)C(C(=O)[C@@H]1C[C@@H](F)CN1C(=O)OC(C)(C)C)n1nc2c(Cl)c(Br)cc(C(F)(F)F)c2c1C(F)F. The number of Topliss-reactive ketones (excluding diaryl/α,β-unsaturated/α-hetero) is 1. The van der Waals surface area contributed by atoms with Gasteiger partial charge in [0.2, 0.25) is 6.04 Å². The number of aromatic nitrogens is 2. The van der Waals surface area contributed by atoms with Gasteiger partial charge < -0.3 is 9.47 Å². The molecule has 1 fully saturated rings. The van der Waals surface area contributed by atoms with E-state index in [1.807, 2.05) is 0 Å². The van der Waals surface area contributed by atoms with Crippen molar-refractivity contribution in [2.75, 3.05) is 13.2 Å². The molecule has 16 heteroatoms. The molecule has 1 aromatic heterocycles. The Kier molecular flexibility index (Phi) is 8.85. The van der Waals surface area contributed by atoms with Gasteiger partial charge >= 0.3 is 18.2 Å². The number of carbonyl (C=O) groups is 3. The molecule has 8 nitrogen and oxygen atoms in total. The summed E-state index contributed by atoms with van der Waals surface area (Å²) < 4.78 is 94.7. The van der Waals surface area contributed by atoms with Gasteiger partial charge in [0, 0.05) is 16.3 Å². The highest BCUT2D eigenvalue weighted by molar-refractivity contribution is 9.10. The fourth-order valence-electron chi connectivity index (χ4n) is 4.19. The Morgan fingerprint density at radius 3 is 2.36 bits per heavy atom. The van der Waals surface area contributed by atoms with Crippen LogP contribution in [0.15, 0.2) is 10.5 Å². The molecule has 0 spiro atoms. The summed E-state index contributed by atoms with van der Waals surface area (Å²) in [5.74, 6) is -2.76. The van der Waals surface area contributed by atoms with Gasteiger partial charge in [-0.15, -0.1) is 0 Å². The molecule has 1 aromatic carbocycles. The van der Waals surface area contributed by atoms with Crippen molar-refractivity contribution in [2.24, 2.45) is 0 Å². The maximum Gasteiger partial charge on any atom is 0.417 e. The van der Waals surface area contributed by atoms with Crippen molar-refractivity contribution in [3.63, 3.8) is 0 Å². The van der Waals surface area contributed by atoms with Crippen LogP contribution in [0.3, 0.4) is 0 Å². The van der Waals surface area contributed by atoms with Gasteiger partial charge in [0.05, 0.1) is 29.8 Å². The third-order valence-corrected chi connectivity index (χ3v) is 6.88. The van der Waals surface area contributed by atoms with E-state index in [9.17, 15) is 40.7 Å². The topological polar surface area (TPSA) is 90.7 Å². The number of amides is 1. The highest BCUT2D eigenvalue weighted by Gasteiger charge is 2.48. The Labute approximate surface area is 231 Å². The first-order chi connectivity index (χ1) is 17.9. The first-order valence-electron chi connectivity index (χ1n) is 11.5. The zero-order chi connectivity index (χ0) is 29.6. The van der Waals surface area contributed by atoms with Crippen LogP contribution in [0.5, 0.6) is 0 Å². The number of rotatable bonds is 6. The maximum atomic E-state index is 14.4.